The van der Waals surface area contributed by atoms with Crippen molar-refractivity contribution in [2.45, 2.75) is 25.4 Å². The number of carbonyl (C=O) groups excluding carboxylic acids is 2. The average molecular weight is 636 g/mol. The highest BCUT2D eigenvalue weighted by Crippen LogP contribution is 2.42. The van der Waals surface area contributed by atoms with Gasteiger partial charge in [-0.25, -0.2) is 9.78 Å². The van der Waals surface area contributed by atoms with E-state index in [1.807, 2.05) is 18.2 Å². The number of aldehydes is 1. The molecule has 2 N–H and O–H groups in total. The van der Waals surface area contributed by atoms with E-state index >= 15 is 0 Å². The molecule has 2 amide bonds. The van der Waals surface area contributed by atoms with Gasteiger partial charge >= 0.3 is 6.09 Å². The number of halogens is 2. The van der Waals surface area contributed by atoms with E-state index in [-0.39, 0.29) is 30.9 Å². The summed E-state index contributed by atoms with van der Waals surface area (Å²) in [5, 5.41) is 13.4. The molecule has 0 bridgehead atoms. The molecular formula is C32H28Cl2N4O6. The maximum Gasteiger partial charge on any atom is 0.407 e. The molecule has 4 aromatic rings. The Kier molecular flexibility index (Phi) is 9.32. The van der Waals surface area contributed by atoms with Crippen molar-refractivity contribution in [1.29, 1.82) is 0 Å². The smallest absolute Gasteiger partial charge is 0.407 e. The van der Waals surface area contributed by atoms with Gasteiger partial charge in [0.05, 0.1) is 47.8 Å². The Morgan fingerprint density at radius 3 is 2.52 bits per heavy atom. The molecule has 226 valence electrons. The largest absolute Gasteiger partial charge is 0.496 e. The molecule has 12 heteroatoms. The molecule has 1 aliphatic heterocycles. The molecule has 0 saturated carbocycles. The monoisotopic (exact) mass is 634 g/mol. The van der Waals surface area contributed by atoms with Crippen LogP contribution in [-0.2, 0) is 11.3 Å². The lowest BCUT2D eigenvalue weighted by atomic mass is 9.99. The van der Waals surface area contributed by atoms with Gasteiger partial charge in [-0.05, 0) is 36.8 Å². The Morgan fingerprint density at radius 2 is 1.84 bits per heavy atom. The van der Waals surface area contributed by atoms with Crippen molar-refractivity contribution in [3.05, 3.63) is 82.0 Å². The number of hydrogen-bond acceptors (Lipinski definition) is 7. The number of nitrogens with zero attached hydrogens (tertiary/aromatic N) is 3. The molecule has 3 heterocycles. The minimum atomic E-state index is -1.11. The first-order chi connectivity index (χ1) is 21.2. The van der Waals surface area contributed by atoms with Gasteiger partial charge in [0.2, 0.25) is 11.8 Å². The lowest BCUT2D eigenvalue weighted by Gasteiger charge is -2.23. The molecule has 1 atom stereocenters. The zero-order valence-electron chi connectivity index (χ0n) is 23.8. The highest BCUT2D eigenvalue weighted by molar-refractivity contribution is 6.39. The van der Waals surface area contributed by atoms with E-state index in [9.17, 15) is 19.5 Å². The summed E-state index contributed by atoms with van der Waals surface area (Å²) in [4.78, 5) is 45.3. The fourth-order valence-electron chi connectivity index (χ4n) is 5.16. The number of aromatic nitrogens is 2. The quantitative estimate of drug-likeness (QED) is 0.192. The zero-order valence-corrected chi connectivity index (χ0v) is 25.4. The van der Waals surface area contributed by atoms with Crippen molar-refractivity contribution in [3.8, 4) is 45.3 Å². The number of rotatable bonds is 10. The molecule has 10 nitrogen and oxygen atoms in total. The van der Waals surface area contributed by atoms with Crippen LogP contribution in [0.25, 0.3) is 33.6 Å². The van der Waals surface area contributed by atoms with E-state index in [4.69, 9.17) is 32.7 Å². The lowest BCUT2D eigenvalue weighted by molar-refractivity contribution is -0.119. The van der Waals surface area contributed by atoms with Gasteiger partial charge in [0, 0.05) is 53.0 Å². The number of nitrogens with one attached hydrogen (secondary N) is 1. The van der Waals surface area contributed by atoms with Gasteiger partial charge in [-0.3, -0.25) is 14.6 Å². The molecule has 2 aromatic heterocycles. The molecule has 0 aliphatic carbocycles. The predicted molar refractivity (Wildman–Crippen MR) is 166 cm³/mol. The third kappa shape index (κ3) is 6.31. The number of carboxylic acid groups (broad SMARTS) is 1. The van der Waals surface area contributed by atoms with Gasteiger partial charge in [-0.15, -0.1) is 0 Å². The van der Waals surface area contributed by atoms with Crippen LogP contribution in [-0.4, -0.2) is 65.1 Å². The highest BCUT2D eigenvalue weighted by Gasteiger charge is 2.26. The molecule has 0 radical (unpaired) electrons. The van der Waals surface area contributed by atoms with Crippen LogP contribution in [0, 0.1) is 0 Å². The summed E-state index contributed by atoms with van der Waals surface area (Å²) in [6.07, 6.45) is 2.19. The maximum absolute atomic E-state index is 12.0. The van der Waals surface area contributed by atoms with Crippen molar-refractivity contribution in [2.24, 2.45) is 0 Å². The minimum Gasteiger partial charge on any atom is -0.496 e. The van der Waals surface area contributed by atoms with E-state index in [2.05, 4.69) is 15.3 Å². The normalized spacial score (nSPS) is 14.2. The van der Waals surface area contributed by atoms with E-state index in [0.717, 1.165) is 0 Å². The van der Waals surface area contributed by atoms with Crippen molar-refractivity contribution in [1.82, 2.24) is 20.2 Å². The molecule has 2 aromatic carbocycles. The lowest BCUT2D eigenvalue weighted by Crippen LogP contribution is -2.41. The Balaban J connectivity index is 1.46. The molecular weight excluding hydrogens is 607 g/mol. The number of ether oxygens (including phenoxy) is 2. The van der Waals surface area contributed by atoms with Crippen LogP contribution in [0.4, 0.5) is 4.79 Å². The fraction of sp³-hybridized carbons (Fsp3) is 0.219. The maximum atomic E-state index is 12.0. The van der Waals surface area contributed by atoms with Crippen LogP contribution in [0.3, 0.4) is 0 Å². The summed E-state index contributed by atoms with van der Waals surface area (Å²) in [6.45, 7) is 0.183. The molecule has 5 rings (SSSR count). The summed E-state index contributed by atoms with van der Waals surface area (Å²) >= 11 is 13.9. The second-order valence-corrected chi connectivity index (χ2v) is 10.8. The molecule has 1 unspecified atom stereocenters. The molecule has 1 saturated heterocycles. The van der Waals surface area contributed by atoms with Gasteiger partial charge in [0.1, 0.15) is 5.75 Å². The Morgan fingerprint density at radius 1 is 1.07 bits per heavy atom. The summed E-state index contributed by atoms with van der Waals surface area (Å²) in [5.74, 6) is 0.574. The van der Waals surface area contributed by atoms with Crippen LogP contribution < -0.4 is 14.8 Å². The van der Waals surface area contributed by atoms with Crippen LogP contribution in [0.15, 0.2) is 60.8 Å². The van der Waals surface area contributed by atoms with E-state index in [0.29, 0.717) is 79.7 Å². The zero-order chi connectivity index (χ0) is 31.4. The predicted octanol–water partition coefficient (Wildman–Crippen LogP) is 6.37. The standard InChI is InChI=1S/C32H28Cl2N4O6/c1-43-26-14-18(6-7-20(26)17-39)30-29(34)23(12-13-35-30)22-4-3-5-24(28(22)33)25-10-8-19(31(37-25)44-2)15-38(32(41)42)16-21-9-11-27(40)36-21/h3-8,10,12-14,17,21H,9,11,15-16H2,1-2H3,(H,36,40)(H,41,42). The van der Waals surface area contributed by atoms with Gasteiger partial charge in [0.25, 0.3) is 0 Å². The fourth-order valence-corrected chi connectivity index (χ4v) is 5.81. The van der Waals surface area contributed by atoms with Crippen LogP contribution in [0.2, 0.25) is 10.0 Å². The van der Waals surface area contributed by atoms with E-state index in [1.54, 1.807) is 42.6 Å². The van der Waals surface area contributed by atoms with Gasteiger partial charge < -0.3 is 24.8 Å². The Labute approximate surface area is 263 Å². The summed E-state index contributed by atoms with van der Waals surface area (Å²) in [7, 11) is 2.95. The second kappa shape index (κ2) is 13.3. The van der Waals surface area contributed by atoms with Crippen LogP contribution >= 0.6 is 23.2 Å². The molecule has 1 fully saturated rings. The average Bonchev–Trinajstić information content (AvgIpc) is 3.45. The Bertz CT molecular complexity index is 1750. The number of benzene rings is 2. The van der Waals surface area contributed by atoms with Crippen molar-refractivity contribution in [3.63, 3.8) is 0 Å². The highest BCUT2D eigenvalue weighted by atomic mass is 35.5. The first kappa shape index (κ1) is 30.8. The number of carbonyl (C=O) groups is 3. The number of pyridine rings is 2. The van der Waals surface area contributed by atoms with Crippen LogP contribution in [0.5, 0.6) is 11.6 Å². The number of hydrogen-bond donors (Lipinski definition) is 2. The molecule has 0 spiro atoms. The van der Waals surface area contributed by atoms with Crippen molar-refractivity contribution >= 4 is 41.5 Å². The SMILES string of the molecule is COc1cc(-c2nccc(-c3cccc(-c4ccc(CN(CC5CCC(=O)N5)C(=O)O)c(OC)n4)c3Cl)c2Cl)ccc1C=O. The molecule has 44 heavy (non-hydrogen) atoms. The Hall–Kier alpha value is -4.67. The summed E-state index contributed by atoms with van der Waals surface area (Å²) in [5.41, 5.74) is 4.55. The number of methoxy groups -OCH3 is 2. The van der Waals surface area contributed by atoms with Gasteiger partial charge in [-0.1, -0.05) is 47.5 Å². The number of amides is 2. The third-order valence-corrected chi connectivity index (χ3v) is 8.17. The second-order valence-electron chi connectivity index (χ2n) is 10.1. The van der Waals surface area contributed by atoms with Crippen molar-refractivity contribution in [2.75, 3.05) is 20.8 Å². The van der Waals surface area contributed by atoms with Crippen LogP contribution in [0.1, 0.15) is 28.8 Å². The first-order valence-electron chi connectivity index (χ1n) is 13.6. The minimum absolute atomic E-state index is 0.0277. The first-order valence-corrected chi connectivity index (χ1v) is 14.4. The summed E-state index contributed by atoms with van der Waals surface area (Å²) < 4.78 is 10.9. The van der Waals surface area contributed by atoms with Gasteiger partial charge in [0.15, 0.2) is 6.29 Å². The molecule has 1 aliphatic rings. The summed E-state index contributed by atoms with van der Waals surface area (Å²) in [6, 6.07) is 15.6. The van der Waals surface area contributed by atoms with E-state index in [1.165, 1.54) is 19.1 Å². The van der Waals surface area contributed by atoms with Crippen molar-refractivity contribution < 1.29 is 29.0 Å². The van der Waals surface area contributed by atoms with Gasteiger partial charge in [-0.2, -0.15) is 0 Å². The third-order valence-electron chi connectivity index (χ3n) is 7.38. The topological polar surface area (TPSA) is 131 Å². The van der Waals surface area contributed by atoms with E-state index < -0.39 is 6.09 Å².